The SMILES string of the molecule is Fc1ccc(Cn2ncc3ccc(I)cc32)cc1Cl. The highest BCUT2D eigenvalue weighted by atomic mass is 127. The minimum atomic E-state index is -0.398. The average Bonchev–Trinajstić information content (AvgIpc) is 2.77. The zero-order valence-corrected chi connectivity index (χ0v) is 12.7. The van der Waals surface area contributed by atoms with Crippen LogP contribution in [-0.2, 0) is 6.54 Å². The van der Waals surface area contributed by atoms with Gasteiger partial charge in [-0.05, 0) is 52.4 Å². The molecule has 0 atom stereocenters. The molecule has 0 spiro atoms. The Morgan fingerprint density at radius 3 is 2.84 bits per heavy atom. The summed E-state index contributed by atoms with van der Waals surface area (Å²) in [4.78, 5) is 0. The minimum absolute atomic E-state index is 0.142. The van der Waals surface area contributed by atoms with E-state index in [1.807, 2.05) is 23.0 Å². The second-order valence-corrected chi connectivity index (χ2v) is 5.91. The summed E-state index contributed by atoms with van der Waals surface area (Å²) in [5.41, 5.74) is 1.99. The first-order chi connectivity index (χ1) is 9.13. The van der Waals surface area contributed by atoms with Crippen LogP contribution in [0.2, 0.25) is 5.02 Å². The number of rotatable bonds is 2. The van der Waals surface area contributed by atoms with E-state index >= 15 is 0 Å². The quantitative estimate of drug-likeness (QED) is 0.594. The van der Waals surface area contributed by atoms with Crippen molar-refractivity contribution < 1.29 is 4.39 Å². The highest BCUT2D eigenvalue weighted by Gasteiger charge is 2.06. The van der Waals surface area contributed by atoms with Gasteiger partial charge in [0.05, 0.1) is 23.3 Å². The summed E-state index contributed by atoms with van der Waals surface area (Å²) < 4.78 is 16.2. The van der Waals surface area contributed by atoms with Crippen molar-refractivity contribution in [1.29, 1.82) is 0 Å². The number of halogens is 3. The van der Waals surface area contributed by atoms with Gasteiger partial charge in [0.25, 0.3) is 0 Å². The van der Waals surface area contributed by atoms with Crippen molar-refractivity contribution in [2.75, 3.05) is 0 Å². The first-order valence-corrected chi connectivity index (χ1v) is 7.14. The number of hydrogen-bond acceptors (Lipinski definition) is 1. The smallest absolute Gasteiger partial charge is 0.141 e. The van der Waals surface area contributed by atoms with Crippen molar-refractivity contribution in [3.05, 3.63) is 62.6 Å². The van der Waals surface area contributed by atoms with E-state index in [1.54, 1.807) is 12.1 Å². The van der Waals surface area contributed by atoms with Crippen molar-refractivity contribution in [3.63, 3.8) is 0 Å². The Kier molecular flexibility index (Phi) is 3.45. The number of fused-ring (bicyclic) bond motifs is 1. The van der Waals surface area contributed by atoms with Gasteiger partial charge in [-0.25, -0.2) is 4.39 Å². The van der Waals surface area contributed by atoms with Crippen LogP contribution in [0.15, 0.2) is 42.6 Å². The molecule has 0 aliphatic heterocycles. The molecule has 0 bridgehead atoms. The summed E-state index contributed by atoms with van der Waals surface area (Å²) >= 11 is 8.06. The van der Waals surface area contributed by atoms with Crippen LogP contribution in [0.5, 0.6) is 0 Å². The van der Waals surface area contributed by atoms with Crippen molar-refractivity contribution in [1.82, 2.24) is 9.78 Å². The number of nitrogens with zero attached hydrogens (tertiary/aromatic N) is 2. The Morgan fingerprint density at radius 1 is 1.21 bits per heavy atom. The molecule has 0 fully saturated rings. The van der Waals surface area contributed by atoms with Crippen LogP contribution in [0, 0.1) is 9.39 Å². The van der Waals surface area contributed by atoms with E-state index in [2.05, 4.69) is 33.8 Å². The second kappa shape index (κ2) is 5.09. The Morgan fingerprint density at radius 2 is 2.05 bits per heavy atom. The highest BCUT2D eigenvalue weighted by Crippen LogP contribution is 2.20. The van der Waals surface area contributed by atoms with Crippen molar-refractivity contribution in [2.45, 2.75) is 6.54 Å². The second-order valence-electron chi connectivity index (χ2n) is 4.25. The molecular weight excluding hydrogens is 378 g/mol. The largest absolute Gasteiger partial charge is 0.260 e. The maximum absolute atomic E-state index is 13.1. The number of benzene rings is 2. The van der Waals surface area contributed by atoms with Gasteiger partial charge in [-0.1, -0.05) is 23.7 Å². The first kappa shape index (κ1) is 12.9. The summed E-state index contributed by atoms with van der Waals surface area (Å²) in [5, 5.41) is 5.59. The van der Waals surface area contributed by atoms with E-state index in [-0.39, 0.29) is 5.02 Å². The zero-order chi connectivity index (χ0) is 13.4. The third-order valence-corrected chi connectivity index (χ3v) is 3.88. The van der Waals surface area contributed by atoms with Gasteiger partial charge in [-0.15, -0.1) is 0 Å². The summed E-state index contributed by atoms with van der Waals surface area (Å²) in [5.74, 6) is -0.398. The van der Waals surface area contributed by atoms with Gasteiger partial charge in [0.15, 0.2) is 0 Å². The molecule has 3 rings (SSSR count). The lowest BCUT2D eigenvalue weighted by molar-refractivity contribution is 0.625. The Balaban J connectivity index is 2.00. The third kappa shape index (κ3) is 2.60. The maximum atomic E-state index is 13.1. The minimum Gasteiger partial charge on any atom is -0.260 e. The molecule has 0 saturated heterocycles. The molecule has 0 N–H and O–H groups in total. The van der Waals surface area contributed by atoms with Gasteiger partial charge in [-0.3, -0.25) is 4.68 Å². The molecule has 2 aromatic carbocycles. The molecule has 0 aliphatic rings. The first-order valence-electron chi connectivity index (χ1n) is 5.68. The van der Waals surface area contributed by atoms with Crippen LogP contribution < -0.4 is 0 Å². The van der Waals surface area contributed by atoms with E-state index in [9.17, 15) is 4.39 Å². The molecule has 1 heterocycles. The highest BCUT2D eigenvalue weighted by molar-refractivity contribution is 14.1. The molecule has 3 aromatic rings. The summed E-state index contributed by atoms with van der Waals surface area (Å²) in [7, 11) is 0. The Bertz CT molecular complexity index is 754. The molecule has 19 heavy (non-hydrogen) atoms. The maximum Gasteiger partial charge on any atom is 0.141 e. The lowest BCUT2D eigenvalue weighted by Gasteiger charge is -2.05. The van der Waals surface area contributed by atoms with Crippen LogP contribution in [0.25, 0.3) is 10.9 Å². The standard InChI is InChI=1S/C14H9ClFIN2/c15-12-5-9(1-4-13(12)16)8-19-14-6-11(17)3-2-10(14)7-18-19/h1-7H,8H2. The summed E-state index contributed by atoms with van der Waals surface area (Å²) in [6.07, 6.45) is 1.83. The monoisotopic (exact) mass is 386 g/mol. The van der Waals surface area contributed by atoms with E-state index in [1.165, 1.54) is 6.07 Å². The fourth-order valence-corrected chi connectivity index (χ4v) is 2.66. The topological polar surface area (TPSA) is 17.8 Å². The average molecular weight is 387 g/mol. The summed E-state index contributed by atoms with van der Waals surface area (Å²) in [6, 6.07) is 10.9. The molecule has 96 valence electrons. The normalized spacial score (nSPS) is 11.1. The van der Waals surface area contributed by atoms with E-state index in [0.29, 0.717) is 6.54 Å². The predicted octanol–water partition coefficient (Wildman–Crippen LogP) is 4.48. The van der Waals surface area contributed by atoms with E-state index in [4.69, 9.17) is 11.6 Å². The Labute approximate surface area is 128 Å². The van der Waals surface area contributed by atoms with Crippen LogP contribution in [-0.4, -0.2) is 9.78 Å². The van der Waals surface area contributed by atoms with Crippen molar-refractivity contribution in [2.24, 2.45) is 0 Å². The number of aromatic nitrogens is 2. The molecule has 0 unspecified atom stereocenters. The third-order valence-electron chi connectivity index (χ3n) is 2.92. The number of hydrogen-bond donors (Lipinski definition) is 0. The zero-order valence-electron chi connectivity index (χ0n) is 9.78. The molecule has 2 nitrogen and oxygen atoms in total. The van der Waals surface area contributed by atoms with Gasteiger partial charge in [-0.2, -0.15) is 5.10 Å². The fraction of sp³-hybridized carbons (Fsp3) is 0.0714. The van der Waals surface area contributed by atoms with Crippen molar-refractivity contribution in [3.8, 4) is 0 Å². The molecule has 0 radical (unpaired) electrons. The van der Waals surface area contributed by atoms with Gasteiger partial charge < -0.3 is 0 Å². The lowest BCUT2D eigenvalue weighted by atomic mass is 10.2. The van der Waals surface area contributed by atoms with Gasteiger partial charge >= 0.3 is 0 Å². The van der Waals surface area contributed by atoms with Gasteiger partial charge in [0.2, 0.25) is 0 Å². The molecule has 1 aromatic heterocycles. The molecule has 0 saturated carbocycles. The molecular formula is C14H9ClFIN2. The molecule has 0 amide bonds. The molecule has 5 heteroatoms. The van der Waals surface area contributed by atoms with Crippen LogP contribution in [0.4, 0.5) is 4.39 Å². The molecule has 0 aliphatic carbocycles. The lowest BCUT2D eigenvalue weighted by Crippen LogP contribution is -2.01. The summed E-state index contributed by atoms with van der Waals surface area (Å²) in [6.45, 7) is 0.573. The van der Waals surface area contributed by atoms with Gasteiger partial charge in [0, 0.05) is 8.96 Å². The van der Waals surface area contributed by atoms with Gasteiger partial charge in [0.1, 0.15) is 5.82 Å². The van der Waals surface area contributed by atoms with E-state index < -0.39 is 5.82 Å². The van der Waals surface area contributed by atoms with E-state index in [0.717, 1.165) is 20.0 Å². The van der Waals surface area contributed by atoms with Crippen LogP contribution in [0.3, 0.4) is 0 Å². The van der Waals surface area contributed by atoms with Crippen LogP contribution >= 0.6 is 34.2 Å². The fourth-order valence-electron chi connectivity index (χ4n) is 1.98. The van der Waals surface area contributed by atoms with Crippen molar-refractivity contribution >= 4 is 45.1 Å². The van der Waals surface area contributed by atoms with Crippen LogP contribution in [0.1, 0.15) is 5.56 Å². The predicted molar refractivity (Wildman–Crippen MR) is 83.0 cm³/mol. The Hall–Kier alpha value is -1.14.